The van der Waals surface area contributed by atoms with Gasteiger partial charge >= 0.3 is 11.9 Å². The summed E-state index contributed by atoms with van der Waals surface area (Å²) in [7, 11) is 0. The first-order chi connectivity index (χ1) is 16.5. The standard InChI is InChI=1S/C20H29N7O8/c21-11(3-4-15(22)28)17(31)25-12(7-16(29)30)19(33)27-5-1-2-14(27)18(32)26-13(20(34)35)6-10-8-23-9-24-10/h8-9,11-14H,1-7,21H2,(H2,22,28)(H,23,24)(H,25,31)(H,26,32)(H,29,30)(H,34,35). The van der Waals surface area contributed by atoms with Crippen molar-refractivity contribution in [2.45, 2.75) is 62.7 Å². The summed E-state index contributed by atoms with van der Waals surface area (Å²) in [6.45, 7) is 0.106. The minimum absolute atomic E-state index is 0.0668. The molecule has 2 heterocycles. The van der Waals surface area contributed by atoms with Crippen LogP contribution in [-0.4, -0.2) is 91.4 Å². The van der Waals surface area contributed by atoms with Crippen LogP contribution in [0.1, 0.15) is 37.8 Å². The Labute approximate surface area is 199 Å². The van der Waals surface area contributed by atoms with Crippen LogP contribution in [0.25, 0.3) is 0 Å². The molecule has 1 aromatic rings. The summed E-state index contributed by atoms with van der Waals surface area (Å²) in [5.74, 6) is -5.73. The molecule has 35 heavy (non-hydrogen) atoms. The number of carbonyl (C=O) groups excluding carboxylic acids is 4. The summed E-state index contributed by atoms with van der Waals surface area (Å²) in [6.07, 6.45) is 2.30. The highest BCUT2D eigenvalue weighted by Crippen LogP contribution is 2.20. The first kappa shape index (κ1) is 27.2. The van der Waals surface area contributed by atoms with Crippen molar-refractivity contribution in [2.24, 2.45) is 11.5 Å². The van der Waals surface area contributed by atoms with E-state index in [9.17, 15) is 39.0 Å². The minimum atomic E-state index is -1.52. The number of primary amides is 1. The number of hydrogen-bond acceptors (Lipinski definition) is 8. The number of carboxylic acids is 2. The number of rotatable bonds is 13. The number of nitrogens with zero attached hydrogens (tertiary/aromatic N) is 2. The van der Waals surface area contributed by atoms with E-state index >= 15 is 0 Å². The number of imidazole rings is 1. The van der Waals surface area contributed by atoms with Crippen molar-refractivity contribution < 1.29 is 39.0 Å². The van der Waals surface area contributed by atoms with E-state index in [-0.39, 0.29) is 32.2 Å². The molecule has 15 nitrogen and oxygen atoms in total. The van der Waals surface area contributed by atoms with E-state index in [1.807, 2.05) is 0 Å². The van der Waals surface area contributed by atoms with Crippen molar-refractivity contribution >= 4 is 35.6 Å². The molecule has 9 N–H and O–H groups in total. The molecule has 2 rings (SSSR count). The Morgan fingerprint density at radius 1 is 1.17 bits per heavy atom. The zero-order valence-electron chi connectivity index (χ0n) is 18.8. The highest BCUT2D eigenvalue weighted by Gasteiger charge is 2.39. The van der Waals surface area contributed by atoms with Crippen molar-refractivity contribution in [3.05, 3.63) is 18.2 Å². The summed E-state index contributed by atoms with van der Waals surface area (Å²) in [5.41, 5.74) is 11.2. The smallest absolute Gasteiger partial charge is 0.326 e. The Bertz CT molecular complexity index is 951. The van der Waals surface area contributed by atoms with Gasteiger partial charge in [0, 0.05) is 31.3 Å². The second-order valence-corrected chi connectivity index (χ2v) is 8.14. The number of carboxylic acid groups (broad SMARTS) is 2. The monoisotopic (exact) mass is 495 g/mol. The summed E-state index contributed by atoms with van der Waals surface area (Å²) >= 11 is 0. The third kappa shape index (κ3) is 8.06. The summed E-state index contributed by atoms with van der Waals surface area (Å²) in [5, 5.41) is 23.4. The number of amides is 4. The van der Waals surface area contributed by atoms with E-state index in [2.05, 4.69) is 20.6 Å². The molecule has 0 radical (unpaired) electrons. The zero-order chi connectivity index (χ0) is 26.1. The number of H-pyrrole nitrogens is 1. The Hall–Kier alpha value is -4.01. The van der Waals surface area contributed by atoms with Crippen LogP contribution in [0, 0.1) is 0 Å². The van der Waals surface area contributed by atoms with E-state index in [0.29, 0.717) is 12.1 Å². The molecule has 192 valence electrons. The first-order valence-electron chi connectivity index (χ1n) is 10.9. The van der Waals surface area contributed by atoms with E-state index in [1.54, 1.807) is 0 Å². The van der Waals surface area contributed by atoms with Gasteiger partial charge in [0.25, 0.3) is 0 Å². The molecule has 1 aromatic heterocycles. The number of nitrogens with two attached hydrogens (primary N) is 2. The number of nitrogens with one attached hydrogen (secondary N) is 3. The van der Waals surface area contributed by atoms with Gasteiger partial charge in [-0.1, -0.05) is 0 Å². The average molecular weight is 495 g/mol. The van der Waals surface area contributed by atoms with Gasteiger partial charge in [0.2, 0.25) is 23.6 Å². The lowest BCUT2D eigenvalue weighted by Gasteiger charge is -2.29. The van der Waals surface area contributed by atoms with E-state index in [1.165, 1.54) is 12.5 Å². The van der Waals surface area contributed by atoms with Crippen molar-refractivity contribution in [3.8, 4) is 0 Å². The fraction of sp³-hybridized carbons (Fsp3) is 0.550. The highest BCUT2D eigenvalue weighted by molar-refractivity contribution is 5.96. The Kier molecular flexibility index (Phi) is 9.69. The molecule has 1 aliphatic rings. The van der Waals surface area contributed by atoms with Crippen LogP contribution in [0.2, 0.25) is 0 Å². The van der Waals surface area contributed by atoms with Crippen molar-refractivity contribution in [3.63, 3.8) is 0 Å². The molecule has 4 amide bonds. The molecule has 4 atom stereocenters. The van der Waals surface area contributed by atoms with Crippen LogP contribution < -0.4 is 22.1 Å². The largest absolute Gasteiger partial charge is 0.481 e. The predicted molar refractivity (Wildman–Crippen MR) is 117 cm³/mol. The van der Waals surface area contributed by atoms with Crippen LogP contribution >= 0.6 is 0 Å². The average Bonchev–Trinajstić information content (AvgIpc) is 3.47. The second kappa shape index (κ2) is 12.5. The molecule has 0 aliphatic carbocycles. The third-order valence-corrected chi connectivity index (χ3v) is 5.46. The van der Waals surface area contributed by atoms with Crippen LogP contribution in [0.5, 0.6) is 0 Å². The van der Waals surface area contributed by atoms with Gasteiger partial charge in [0.1, 0.15) is 18.1 Å². The van der Waals surface area contributed by atoms with Gasteiger partial charge in [0.15, 0.2) is 0 Å². The molecule has 0 aromatic carbocycles. The van der Waals surface area contributed by atoms with Gasteiger partial charge in [-0.2, -0.15) is 0 Å². The van der Waals surface area contributed by atoms with Crippen molar-refractivity contribution in [2.75, 3.05) is 6.54 Å². The van der Waals surface area contributed by atoms with E-state index in [0.717, 1.165) is 4.90 Å². The van der Waals surface area contributed by atoms with Crippen LogP contribution in [0.15, 0.2) is 12.5 Å². The zero-order valence-corrected chi connectivity index (χ0v) is 18.8. The van der Waals surface area contributed by atoms with E-state index in [4.69, 9.17) is 11.5 Å². The number of carbonyl (C=O) groups is 6. The number of aromatic amines is 1. The van der Waals surface area contributed by atoms with Gasteiger partial charge in [-0.05, 0) is 19.3 Å². The maximum Gasteiger partial charge on any atom is 0.326 e. The Morgan fingerprint density at radius 2 is 1.89 bits per heavy atom. The van der Waals surface area contributed by atoms with Crippen molar-refractivity contribution in [1.29, 1.82) is 0 Å². The van der Waals surface area contributed by atoms with Gasteiger partial charge in [-0.25, -0.2) is 9.78 Å². The maximum absolute atomic E-state index is 13.1. The van der Waals surface area contributed by atoms with Crippen LogP contribution in [0.4, 0.5) is 0 Å². The molecular formula is C20H29N7O8. The SMILES string of the molecule is NC(=O)CCC(N)C(=O)NC(CC(=O)O)C(=O)N1CCCC1C(=O)NC(Cc1cnc[nH]1)C(=O)O. The highest BCUT2D eigenvalue weighted by atomic mass is 16.4. The molecule has 1 saturated heterocycles. The molecule has 4 unspecified atom stereocenters. The van der Waals surface area contributed by atoms with Crippen LogP contribution in [0.3, 0.4) is 0 Å². The lowest BCUT2D eigenvalue weighted by molar-refractivity contribution is -0.147. The topological polar surface area (TPSA) is 251 Å². The Balaban J connectivity index is 2.10. The third-order valence-electron chi connectivity index (χ3n) is 5.46. The first-order valence-corrected chi connectivity index (χ1v) is 10.9. The fourth-order valence-electron chi connectivity index (χ4n) is 3.67. The lowest BCUT2D eigenvalue weighted by atomic mass is 10.1. The van der Waals surface area contributed by atoms with E-state index < -0.39 is 66.2 Å². The fourth-order valence-corrected chi connectivity index (χ4v) is 3.67. The van der Waals surface area contributed by atoms with Gasteiger partial charge in [-0.3, -0.25) is 24.0 Å². The Morgan fingerprint density at radius 3 is 2.46 bits per heavy atom. The maximum atomic E-state index is 13.1. The summed E-state index contributed by atoms with van der Waals surface area (Å²) < 4.78 is 0. The normalized spacial score (nSPS) is 17.7. The quantitative estimate of drug-likeness (QED) is 0.147. The molecule has 1 fully saturated rings. The second-order valence-electron chi connectivity index (χ2n) is 8.14. The molecule has 0 bridgehead atoms. The molecule has 0 spiro atoms. The molecule has 1 aliphatic heterocycles. The molecular weight excluding hydrogens is 466 g/mol. The predicted octanol–water partition coefficient (Wildman–Crippen LogP) is -2.94. The number of likely N-dealkylation sites (tertiary alicyclic amines) is 1. The molecule has 15 heteroatoms. The number of aromatic nitrogens is 2. The van der Waals surface area contributed by atoms with Crippen molar-refractivity contribution in [1.82, 2.24) is 25.5 Å². The number of hydrogen-bond donors (Lipinski definition) is 7. The van der Waals surface area contributed by atoms with Crippen LogP contribution in [-0.2, 0) is 35.2 Å². The lowest BCUT2D eigenvalue weighted by Crippen LogP contribution is -2.57. The van der Waals surface area contributed by atoms with Gasteiger partial charge in [0.05, 0.1) is 18.8 Å². The summed E-state index contributed by atoms with van der Waals surface area (Å²) in [6, 6.07) is -5.07. The van der Waals surface area contributed by atoms with Gasteiger partial charge < -0.3 is 42.2 Å². The summed E-state index contributed by atoms with van der Waals surface area (Å²) in [4.78, 5) is 79.8. The number of aliphatic carboxylic acids is 2. The van der Waals surface area contributed by atoms with Gasteiger partial charge in [-0.15, -0.1) is 0 Å². The molecule has 0 saturated carbocycles. The minimum Gasteiger partial charge on any atom is -0.481 e.